The van der Waals surface area contributed by atoms with Gasteiger partial charge in [-0.05, 0) is 12.5 Å². The van der Waals surface area contributed by atoms with Crippen molar-refractivity contribution in [1.29, 1.82) is 0 Å². The number of nitrogens with one attached hydrogen (secondary N) is 1. The van der Waals surface area contributed by atoms with Crippen molar-refractivity contribution in [3.8, 4) is 0 Å². The van der Waals surface area contributed by atoms with E-state index in [2.05, 4.69) is 15.2 Å². The van der Waals surface area contributed by atoms with Gasteiger partial charge in [-0.25, -0.2) is 4.98 Å². The number of non-ortho nitro benzene ring substituents is 1. The number of amides is 1. The number of carbonyl (C=O) groups excluding carboxylic acids is 1. The maximum Gasteiger partial charge on any atom is 0.293 e. The van der Waals surface area contributed by atoms with Crippen LogP contribution in [0.15, 0.2) is 24.3 Å². The Balaban J connectivity index is 2.11. The fourth-order valence-electron chi connectivity index (χ4n) is 1.72. The zero-order valence-electron chi connectivity index (χ0n) is 11.0. The summed E-state index contributed by atoms with van der Waals surface area (Å²) in [5.41, 5.74) is 0.666. The molecule has 0 aliphatic rings. The molecule has 2 rings (SSSR count). The molecule has 0 aliphatic carbocycles. The van der Waals surface area contributed by atoms with E-state index in [-0.39, 0.29) is 24.0 Å². The minimum absolute atomic E-state index is 0.00270. The molecule has 8 heteroatoms. The highest BCUT2D eigenvalue weighted by molar-refractivity contribution is 5.90. The van der Waals surface area contributed by atoms with Gasteiger partial charge in [-0.3, -0.25) is 20.0 Å². The van der Waals surface area contributed by atoms with Crippen molar-refractivity contribution < 1.29 is 9.72 Å². The van der Waals surface area contributed by atoms with Crippen molar-refractivity contribution >= 4 is 11.6 Å². The normalized spacial score (nSPS) is 10.3. The molecule has 104 valence electrons. The third-order valence-corrected chi connectivity index (χ3v) is 2.68. The summed E-state index contributed by atoms with van der Waals surface area (Å²) < 4.78 is 0. The highest BCUT2D eigenvalue weighted by Gasteiger charge is 2.17. The van der Waals surface area contributed by atoms with Gasteiger partial charge in [0.2, 0.25) is 5.82 Å². The average molecular weight is 275 g/mol. The first-order valence-electron chi connectivity index (χ1n) is 5.85. The van der Waals surface area contributed by atoms with Crippen LogP contribution in [0.25, 0.3) is 0 Å². The summed E-state index contributed by atoms with van der Waals surface area (Å²) >= 11 is 0. The van der Waals surface area contributed by atoms with E-state index in [1.54, 1.807) is 26.1 Å². The van der Waals surface area contributed by atoms with Gasteiger partial charge in [0.15, 0.2) is 0 Å². The molecule has 0 aliphatic heterocycles. The van der Waals surface area contributed by atoms with Crippen molar-refractivity contribution in [3.63, 3.8) is 0 Å². The Morgan fingerprint density at radius 3 is 2.85 bits per heavy atom. The Labute approximate surface area is 114 Å². The van der Waals surface area contributed by atoms with Crippen LogP contribution in [0.2, 0.25) is 0 Å². The number of hydrogen-bond acceptors (Lipinski definition) is 5. The Kier molecular flexibility index (Phi) is 3.74. The van der Waals surface area contributed by atoms with Gasteiger partial charge in [0.1, 0.15) is 5.82 Å². The zero-order chi connectivity index (χ0) is 14.7. The lowest BCUT2D eigenvalue weighted by molar-refractivity contribution is -0.384. The second-order valence-electron chi connectivity index (χ2n) is 4.33. The van der Waals surface area contributed by atoms with Crippen LogP contribution in [0.3, 0.4) is 0 Å². The maximum atomic E-state index is 12.0. The highest BCUT2D eigenvalue weighted by Crippen LogP contribution is 2.14. The molecule has 8 nitrogen and oxygen atoms in total. The summed E-state index contributed by atoms with van der Waals surface area (Å²) in [5, 5.41) is 17.1. The fourth-order valence-corrected chi connectivity index (χ4v) is 1.72. The van der Waals surface area contributed by atoms with Crippen molar-refractivity contribution in [1.82, 2.24) is 20.1 Å². The van der Waals surface area contributed by atoms with E-state index in [4.69, 9.17) is 0 Å². The molecule has 1 aromatic carbocycles. The second kappa shape index (κ2) is 5.47. The van der Waals surface area contributed by atoms with E-state index in [1.165, 1.54) is 17.0 Å². The molecule has 0 unspecified atom stereocenters. The number of aromatic amines is 1. The van der Waals surface area contributed by atoms with E-state index in [9.17, 15) is 14.9 Å². The fraction of sp³-hybridized carbons (Fsp3) is 0.250. The van der Waals surface area contributed by atoms with Crippen LogP contribution in [-0.4, -0.2) is 38.0 Å². The summed E-state index contributed by atoms with van der Waals surface area (Å²) in [6.07, 6.45) is 0. The Bertz CT molecular complexity index is 652. The first-order valence-corrected chi connectivity index (χ1v) is 5.85. The topological polar surface area (TPSA) is 105 Å². The van der Waals surface area contributed by atoms with Gasteiger partial charge in [0, 0.05) is 25.7 Å². The molecule has 0 fully saturated rings. The zero-order valence-corrected chi connectivity index (χ0v) is 11.0. The van der Waals surface area contributed by atoms with E-state index >= 15 is 0 Å². The van der Waals surface area contributed by atoms with Gasteiger partial charge in [-0.1, -0.05) is 12.1 Å². The molecule has 0 atom stereocenters. The number of nitro benzene ring substituents is 1. The quantitative estimate of drug-likeness (QED) is 0.668. The lowest BCUT2D eigenvalue weighted by Gasteiger charge is -2.15. The number of carbonyl (C=O) groups is 1. The third kappa shape index (κ3) is 2.97. The molecule has 0 bridgehead atoms. The number of hydrogen-bond donors (Lipinski definition) is 1. The first kappa shape index (κ1) is 13.7. The largest absolute Gasteiger partial charge is 0.335 e. The number of H-pyrrole nitrogens is 1. The van der Waals surface area contributed by atoms with Crippen molar-refractivity contribution in [2.75, 3.05) is 7.05 Å². The smallest absolute Gasteiger partial charge is 0.293 e. The van der Waals surface area contributed by atoms with Crippen molar-refractivity contribution in [2.45, 2.75) is 13.5 Å². The number of nitro groups is 1. The Morgan fingerprint density at radius 1 is 1.50 bits per heavy atom. The highest BCUT2D eigenvalue weighted by atomic mass is 16.6. The van der Waals surface area contributed by atoms with E-state index in [0.29, 0.717) is 11.4 Å². The number of rotatable bonds is 4. The lowest BCUT2D eigenvalue weighted by Crippen LogP contribution is -2.27. The van der Waals surface area contributed by atoms with Gasteiger partial charge in [0.05, 0.1) is 4.92 Å². The lowest BCUT2D eigenvalue weighted by atomic mass is 10.2. The van der Waals surface area contributed by atoms with E-state index in [0.717, 1.165) is 0 Å². The van der Waals surface area contributed by atoms with Crippen LogP contribution in [0.1, 0.15) is 22.0 Å². The minimum Gasteiger partial charge on any atom is -0.335 e. The van der Waals surface area contributed by atoms with Gasteiger partial charge < -0.3 is 4.90 Å². The van der Waals surface area contributed by atoms with E-state index < -0.39 is 4.92 Å². The SMILES string of the molecule is Cc1nc(C(=O)N(C)Cc2cccc([N+](=O)[O-])c2)n[nH]1. The van der Waals surface area contributed by atoms with Crippen LogP contribution < -0.4 is 0 Å². The number of benzene rings is 1. The van der Waals surface area contributed by atoms with Crippen LogP contribution in [0, 0.1) is 17.0 Å². The summed E-state index contributed by atoms with van der Waals surface area (Å²) in [6.45, 7) is 1.94. The summed E-state index contributed by atoms with van der Waals surface area (Å²) in [5.74, 6) is 0.286. The van der Waals surface area contributed by atoms with Gasteiger partial charge in [-0.15, -0.1) is 5.10 Å². The molecule has 1 heterocycles. The molecule has 2 aromatic rings. The van der Waals surface area contributed by atoms with Crippen LogP contribution in [-0.2, 0) is 6.54 Å². The Morgan fingerprint density at radius 2 is 2.25 bits per heavy atom. The molecule has 0 radical (unpaired) electrons. The maximum absolute atomic E-state index is 12.0. The minimum atomic E-state index is -0.468. The molecular weight excluding hydrogens is 262 g/mol. The van der Waals surface area contributed by atoms with Gasteiger partial charge in [-0.2, -0.15) is 0 Å². The standard InChI is InChI=1S/C12H13N5O3/c1-8-13-11(15-14-8)12(18)16(2)7-9-4-3-5-10(6-9)17(19)20/h3-6H,7H2,1-2H3,(H,13,14,15). The van der Waals surface area contributed by atoms with Crippen LogP contribution in [0.4, 0.5) is 5.69 Å². The second-order valence-corrected chi connectivity index (χ2v) is 4.33. The molecule has 0 saturated carbocycles. The molecule has 1 N–H and O–H groups in total. The van der Waals surface area contributed by atoms with Crippen molar-refractivity contribution in [3.05, 3.63) is 51.6 Å². The van der Waals surface area contributed by atoms with Gasteiger partial charge in [0.25, 0.3) is 11.6 Å². The molecule has 20 heavy (non-hydrogen) atoms. The summed E-state index contributed by atoms with van der Waals surface area (Å²) in [4.78, 5) is 27.6. The predicted octanol–water partition coefficient (Wildman–Crippen LogP) is 1.29. The van der Waals surface area contributed by atoms with Crippen molar-refractivity contribution in [2.24, 2.45) is 0 Å². The first-order chi connectivity index (χ1) is 9.47. The van der Waals surface area contributed by atoms with Gasteiger partial charge >= 0.3 is 0 Å². The molecular formula is C12H13N5O3. The summed E-state index contributed by atoms with van der Waals surface area (Å²) in [6, 6.07) is 6.15. The number of aromatic nitrogens is 3. The molecule has 0 saturated heterocycles. The average Bonchev–Trinajstić information content (AvgIpc) is 2.84. The third-order valence-electron chi connectivity index (χ3n) is 2.68. The van der Waals surface area contributed by atoms with Crippen LogP contribution >= 0.6 is 0 Å². The molecule has 0 spiro atoms. The molecule has 1 aromatic heterocycles. The number of nitrogens with zero attached hydrogens (tertiary/aromatic N) is 4. The predicted molar refractivity (Wildman–Crippen MR) is 70.0 cm³/mol. The monoisotopic (exact) mass is 275 g/mol. The Hall–Kier alpha value is -2.77. The van der Waals surface area contributed by atoms with Crippen LogP contribution in [0.5, 0.6) is 0 Å². The van der Waals surface area contributed by atoms with E-state index in [1.807, 2.05) is 0 Å². The number of aryl methyl sites for hydroxylation is 1. The summed E-state index contributed by atoms with van der Waals surface area (Å²) in [7, 11) is 1.59. The molecule has 1 amide bonds.